The third-order valence-electron chi connectivity index (χ3n) is 4.37. The maximum atomic E-state index is 14.2. The summed E-state index contributed by atoms with van der Waals surface area (Å²) in [6, 6.07) is 4.75. The van der Waals surface area contributed by atoms with Gasteiger partial charge in [0.05, 0.1) is 5.25 Å². The molecule has 1 aromatic rings. The molecule has 3 unspecified atom stereocenters. The number of benzene rings is 1. The molecule has 1 saturated carbocycles. The minimum Gasteiger partial charge on any atom is -0.313 e. The lowest BCUT2D eigenvalue weighted by Crippen LogP contribution is -2.34. The van der Waals surface area contributed by atoms with Crippen LogP contribution < -0.4 is 5.32 Å². The average molecular weight is 378 g/mol. The quantitative estimate of drug-likeness (QED) is 0.873. The van der Waals surface area contributed by atoms with Gasteiger partial charge in [-0.3, -0.25) is 0 Å². The molecule has 0 aromatic heterocycles. The van der Waals surface area contributed by atoms with Crippen molar-refractivity contribution in [1.82, 2.24) is 5.32 Å². The summed E-state index contributed by atoms with van der Waals surface area (Å²) in [4.78, 5) is 0. The lowest BCUT2D eigenvalue weighted by atomic mass is 9.80. The monoisotopic (exact) mass is 377 g/mol. The second-order valence-electron chi connectivity index (χ2n) is 5.78. The highest BCUT2D eigenvalue weighted by Crippen LogP contribution is 2.39. The van der Waals surface area contributed by atoms with Crippen LogP contribution in [0, 0.1) is 11.7 Å². The predicted octanol–water partition coefficient (Wildman–Crippen LogP) is 3.45. The van der Waals surface area contributed by atoms with Gasteiger partial charge in [-0.15, -0.1) is 0 Å². The number of rotatable bonds is 4. The minimum atomic E-state index is -3.04. The maximum Gasteiger partial charge on any atom is 0.150 e. The van der Waals surface area contributed by atoms with Gasteiger partial charge in [-0.2, -0.15) is 0 Å². The third kappa shape index (κ3) is 3.85. The van der Waals surface area contributed by atoms with Gasteiger partial charge >= 0.3 is 0 Å². The molecular formula is C15H21BrFNO2S. The van der Waals surface area contributed by atoms with Gasteiger partial charge in [0.2, 0.25) is 0 Å². The molecule has 0 heterocycles. The van der Waals surface area contributed by atoms with Crippen molar-refractivity contribution in [2.24, 2.45) is 5.92 Å². The predicted molar refractivity (Wildman–Crippen MR) is 86.5 cm³/mol. The Morgan fingerprint density at radius 1 is 1.38 bits per heavy atom. The van der Waals surface area contributed by atoms with E-state index in [4.69, 9.17) is 0 Å². The van der Waals surface area contributed by atoms with E-state index >= 15 is 0 Å². The standard InChI is InChI=1S/C15H21BrFNO2S/c1-18-15(14-12(16)7-4-8-13(14)17)10-5-3-6-11(9-10)21(2,19)20/h4,7-8,10-11,15,18H,3,5-6,9H2,1-2H3. The maximum absolute atomic E-state index is 14.2. The first-order valence-corrected chi connectivity index (χ1v) is 9.89. The lowest BCUT2D eigenvalue weighted by Gasteiger charge is -2.34. The van der Waals surface area contributed by atoms with E-state index in [1.165, 1.54) is 12.3 Å². The number of halogens is 2. The van der Waals surface area contributed by atoms with Crippen molar-refractivity contribution in [3.8, 4) is 0 Å². The van der Waals surface area contributed by atoms with Crippen molar-refractivity contribution in [2.45, 2.75) is 37.0 Å². The second-order valence-corrected chi connectivity index (χ2v) is 8.96. The van der Waals surface area contributed by atoms with Crippen LogP contribution >= 0.6 is 15.9 Å². The third-order valence-corrected chi connectivity index (χ3v) is 6.70. The van der Waals surface area contributed by atoms with Crippen LogP contribution in [0.3, 0.4) is 0 Å². The molecular weight excluding hydrogens is 357 g/mol. The minimum absolute atomic E-state index is 0.122. The van der Waals surface area contributed by atoms with E-state index in [0.29, 0.717) is 18.4 Å². The molecule has 1 fully saturated rings. The highest BCUT2D eigenvalue weighted by molar-refractivity contribution is 9.10. The first-order valence-electron chi connectivity index (χ1n) is 7.14. The fourth-order valence-corrected chi connectivity index (χ4v) is 5.08. The van der Waals surface area contributed by atoms with Crippen LogP contribution in [0.5, 0.6) is 0 Å². The molecule has 6 heteroatoms. The zero-order valence-electron chi connectivity index (χ0n) is 12.3. The summed E-state index contributed by atoms with van der Waals surface area (Å²) in [7, 11) is -1.24. The molecule has 0 bridgehead atoms. The SMILES string of the molecule is CNC(c1c(F)cccc1Br)C1CCCC(S(C)(=O)=O)C1. The van der Waals surface area contributed by atoms with Crippen LogP contribution in [0.2, 0.25) is 0 Å². The molecule has 21 heavy (non-hydrogen) atoms. The van der Waals surface area contributed by atoms with E-state index in [1.807, 2.05) is 6.07 Å². The Morgan fingerprint density at radius 3 is 2.67 bits per heavy atom. The summed E-state index contributed by atoms with van der Waals surface area (Å²) in [5.41, 5.74) is 0.596. The van der Waals surface area contributed by atoms with Gasteiger partial charge in [-0.05, 0) is 44.4 Å². The molecule has 0 saturated heterocycles. The molecule has 1 aromatic carbocycles. The Bertz CT molecular complexity index is 585. The molecule has 0 spiro atoms. The van der Waals surface area contributed by atoms with Crippen LogP contribution in [-0.4, -0.2) is 27.0 Å². The average Bonchev–Trinajstić information content (AvgIpc) is 2.42. The molecule has 3 atom stereocenters. The molecule has 1 aliphatic rings. The Labute approximate surface area is 134 Å². The highest BCUT2D eigenvalue weighted by Gasteiger charge is 2.34. The van der Waals surface area contributed by atoms with Gasteiger partial charge in [0.15, 0.2) is 0 Å². The topological polar surface area (TPSA) is 46.2 Å². The van der Waals surface area contributed by atoms with Crippen molar-refractivity contribution < 1.29 is 12.8 Å². The largest absolute Gasteiger partial charge is 0.313 e. The van der Waals surface area contributed by atoms with E-state index in [1.54, 1.807) is 13.1 Å². The van der Waals surface area contributed by atoms with Crippen molar-refractivity contribution in [2.75, 3.05) is 13.3 Å². The van der Waals surface area contributed by atoms with Crippen LogP contribution in [0.15, 0.2) is 22.7 Å². The Balaban J connectivity index is 2.29. The Morgan fingerprint density at radius 2 is 2.10 bits per heavy atom. The molecule has 0 aliphatic heterocycles. The van der Waals surface area contributed by atoms with Crippen LogP contribution in [0.4, 0.5) is 4.39 Å². The lowest BCUT2D eigenvalue weighted by molar-refractivity contribution is 0.277. The smallest absolute Gasteiger partial charge is 0.150 e. The Hall–Kier alpha value is -0.460. The first-order chi connectivity index (χ1) is 9.84. The van der Waals surface area contributed by atoms with E-state index in [9.17, 15) is 12.8 Å². The second kappa shape index (κ2) is 6.75. The molecule has 2 rings (SSSR count). The summed E-state index contributed by atoms with van der Waals surface area (Å²) < 4.78 is 38.5. The summed E-state index contributed by atoms with van der Waals surface area (Å²) in [6.07, 6.45) is 4.38. The van der Waals surface area contributed by atoms with Gasteiger partial charge < -0.3 is 5.32 Å². The van der Waals surface area contributed by atoms with Gasteiger partial charge in [-0.1, -0.05) is 28.4 Å². The molecule has 1 aliphatic carbocycles. The molecule has 0 radical (unpaired) electrons. The number of hydrogen-bond acceptors (Lipinski definition) is 3. The zero-order valence-corrected chi connectivity index (χ0v) is 14.7. The van der Waals surface area contributed by atoms with Gasteiger partial charge in [0.1, 0.15) is 15.7 Å². The van der Waals surface area contributed by atoms with Crippen molar-refractivity contribution in [1.29, 1.82) is 0 Å². The van der Waals surface area contributed by atoms with Gasteiger partial charge in [-0.25, -0.2) is 12.8 Å². The Kier molecular flexibility index (Phi) is 5.43. The molecule has 3 nitrogen and oxygen atoms in total. The van der Waals surface area contributed by atoms with Crippen molar-refractivity contribution in [3.05, 3.63) is 34.1 Å². The van der Waals surface area contributed by atoms with Crippen molar-refractivity contribution >= 4 is 25.8 Å². The number of nitrogens with one attached hydrogen (secondary N) is 1. The highest BCUT2D eigenvalue weighted by atomic mass is 79.9. The number of sulfone groups is 1. The van der Waals surface area contributed by atoms with E-state index in [0.717, 1.165) is 17.3 Å². The summed E-state index contributed by atoms with van der Waals surface area (Å²) in [5, 5.41) is 2.87. The fourth-order valence-electron chi connectivity index (χ4n) is 3.30. The van der Waals surface area contributed by atoms with Crippen molar-refractivity contribution in [3.63, 3.8) is 0 Å². The van der Waals surface area contributed by atoms with Crippen LogP contribution in [-0.2, 0) is 9.84 Å². The van der Waals surface area contributed by atoms with Gasteiger partial charge in [0.25, 0.3) is 0 Å². The molecule has 118 valence electrons. The first kappa shape index (κ1) is 16.9. The van der Waals surface area contributed by atoms with Crippen LogP contribution in [0.25, 0.3) is 0 Å². The fraction of sp³-hybridized carbons (Fsp3) is 0.600. The molecule has 1 N–H and O–H groups in total. The van der Waals surface area contributed by atoms with E-state index < -0.39 is 9.84 Å². The van der Waals surface area contributed by atoms with Crippen LogP contribution in [0.1, 0.15) is 37.3 Å². The zero-order chi connectivity index (χ0) is 15.6. The summed E-state index contributed by atoms with van der Waals surface area (Å²) in [6.45, 7) is 0. The van der Waals surface area contributed by atoms with E-state index in [-0.39, 0.29) is 23.0 Å². The summed E-state index contributed by atoms with van der Waals surface area (Å²) >= 11 is 3.41. The normalized spacial score (nSPS) is 24.8. The van der Waals surface area contributed by atoms with E-state index in [2.05, 4.69) is 21.2 Å². The summed E-state index contributed by atoms with van der Waals surface area (Å²) in [5.74, 6) is -0.137. The van der Waals surface area contributed by atoms with Gasteiger partial charge in [0, 0.05) is 22.3 Å². The number of hydrogen-bond donors (Lipinski definition) is 1. The molecule has 0 amide bonds.